The zero-order valence-electron chi connectivity index (χ0n) is 16.9. The summed E-state index contributed by atoms with van der Waals surface area (Å²) < 4.78 is 0. The van der Waals surface area contributed by atoms with E-state index in [4.69, 9.17) is 11.6 Å². The first-order valence-electron chi connectivity index (χ1n) is 9.77. The third kappa shape index (κ3) is 6.29. The predicted molar refractivity (Wildman–Crippen MR) is 116 cm³/mol. The van der Waals surface area contributed by atoms with Crippen LogP contribution in [0.4, 0.5) is 10.5 Å². The average Bonchev–Trinajstić information content (AvgIpc) is 2.67. The molecule has 1 aliphatic rings. The van der Waals surface area contributed by atoms with Crippen LogP contribution >= 0.6 is 11.6 Å². The van der Waals surface area contributed by atoms with E-state index in [1.807, 2.05) is 50.2 Å². The van der Waals surface area contributed by atoms with Crippen molar-refractivity contribution in [2.24, 2.45) is 0 Å². The smallest absolute Gasteiger partial charge is 0.307 e. The van der Waals surface area contributed by atoms with Crippen LogP contribution in [0.2, 0.25) is 5.02 Å². The molecule has 29 heavy (non-hydrogen) atoms. The summed E-state index contributed by atoms with van der Waals surface area (Å²) in [5.41, 5.74) is 3.98. The number of anilines is 1. The van der Waals surface area contributed by atoms with Gasteiger partial charge in [0.25, 0.3) is 0 Å². The Bertz CT molecular complexity index is 879. The second-order valence-electron chi connectivity index (χ2n) is 7.43. The summed E-state index contributed by atoms with van der Waals surface area (Å²) in [6.45, 7) is 8.29. The van der Waals surface area contributed by atoms with Crippen molar-refractivity contribution >= 4 is 29.2 Å². The molecule has 7 heteroatoms. The van der Waals surface area contributed by atoms with E-state index in [2.05, 4.69) is 26.5 Å². The van der Waals surface area contributed by atoms with Crippen molar-refractivity contribution in [1.29, 1.82) is 0 Å². The lowest BCUT2D eigenvalue weighted by Crippen LogP contribution is -2.50. The molecule has 0 bridgehead atoms. The summed E-state index contributed by atoms with van der Waals surface area (Å²) in [7, 11) is 0. The van der Waals surface area contributed by atoms with Gasteiger partial charge in [0, 0.05) is 43.4 Å². The number of piperazine rings is 1. The van der Waals surface area contributed by atoms with Gasteiger partial charge in [-0.3, -0.25) is 19.9 Å². The zero-order chi connectivity index (χ0) is 20.8. The number of nitrogens with zero attached hydrogens (tertiary/aromatic N) is 2. The zero-order valence-corrected chi connectivity index (χ0v) is 17.6. The number of nitrogens with one attached hydrogen (secondary N) is 2. The Morgan fingerprint density at radius 1 is 1.00 bits per heavy atom. The van der Waals surface area contributed by atoms with Gasteiger partial charge in [-0.15, -0.1) is 0 Å². The molecule has 6 nitrogen and oxygen atoms in total. The van der Waals surface area contributed by atoms with Gasteiger partial charge < -0.3 is 5.32 Å². The van der Waals surface area contributed by atoms with E-state index in [9.17, 15) is 9.59 Å². The number of rotatable bonds is 5. The Labute approximate surface area is 176 Å². The molecule has 0 unspecified atom stereocenters. The molecule has 1 fully saturated rings. The minimum atomic E-state index is -0.497. The molecule has 3 rings (SSSR count). The largest absolute Gasteiger partial charge is 0.325 e. The molecule has 2 N–H and O–H groups in total. The van der Waals surface area contributed by atoms with Crippen LogP contribution in [0, 0.1) is 13.8 Å². The number of carbonyl (C=O) groups excluding carboxylic acids is 2. The van der Waals surface area contributed by atoms with Crippen molar-refractivity contribution in [3.8, 4) is 0 Å². The molecule has 0 saturated carbocycles. The lowest BCUT2D eigenvalue weighted by atomic mass is 10.1. The monoisotopic (exact) mass is 414 g/mol. The molecule has 154 valence electrons. The lowest BCUT2D eigenvalue weighted by molar-refractivity contribution is -0.121. The maximum absolute atomic E-state index is 12.2. The van der Waals surface area contributed by atoms with Crippen LogP contribution in [-0.2, 0) is 11.3 Å². The van der Waals surface area contributed by atoms with Crippen LogP contribution in [-0.4, -0.2) is 54.5 Å². The first-order valence-corrected chi connectivity index (χ1v) is 10.1. The van der Waals surface area contributed by atoms with Crippen molar-refractivity contribution in [2.75, 3.05) is 38.0 Å². The fourth-order valence-corrected chi connectivity index (χ4v) is 3.62. The van der Waals surface area contributed by atoms with Gasteiger partial charge in [-0.25, -0.2) is 4.79 Å². The van der Waals surface area contributed by atoms with E-state index in [0.29, 0.717) is 5.69 Å². The van der Waals surface area contributed by atoms with E-state index in [0.717, 1.165) is 48.9 Å². The van der Waals surface area contributed by atoms with E-state index in [1.54, 1.807) is 0 Å². The first kappa shape index (κ1) is 21.3. The number of hydrogen-bond acceptors (Lipinski definition) is 4. The fourth-order valence-electron chi connectivity index (χ4n) is 3.41. The second kappa shape index (κ2) is 9.87. The predicted octanol–water partition coefficient (Wildman–Crippen LogP) is 3.42. The molecule has 0 atom stereocenters. The van der Waals surface area contributed by atoms with Crippen LogP contribution in [0.1, 0.15) is 16.7 Å². The van der Waals surface area contributed by atoms with E-state index < -0.39 is 6.03 Å². The minimum Gasteiger partial charge on any atom is -0.307 e. The standard InChI is InChI=1S/C22H27ClN4O2/c1-16-5-3-8-20(17(16)2)24-22(29)25-21(28)15-27-11-9-26(10-12-27)14-18-6-4-7-19(23)13-18/h3-8,13H,9-12,14-15H2,1-2H3,(H2,24,25,28,29). The lowest BCUT2D eigenvalue weighted by Gasteiger charge is -2.34. The van der Waals surface area contributed by atoms with E-state index in [-0.39, 0.29) is 12.5 Å². The molecule has 0 radical (unpaired) electrons. The second-order valence-corrected chi connectivity index (χ2v) is 7.87. The number of amides is 3. The highest BCUT2D eigenvalue weighted by Gasteiger charge is 2.20. The number of imide groups is 1. The van der Waals surface area contributed by atoms with Gasteiger partial charge in [0.15, 0.2) is 0 Å². The molecule has 1 heterocycles. The maximum atomic E-state index is 12.2. The van der Waals surface area contributed by atoms with Gasteiger partial charge in [0.1, 0.15) is 0 Å². The average molecular weight is 415 g/mol. The normalized spacial score (nSPS) is 15.1. The molecule has 0 spiro atoms. The highest BCUT2D eigenvalue weighted by Crippen LogP contribution is 2.17. The number of hydrogen-bond donors (Lipinski definition) is 2. The Morgan fingerprint density at radius 3 is 2.41 bits per heavy atom. The van der Waals surface area contributed by atoms with Gasteiger partial charge in [-0.2, -0.15) is 0 Å². The molecular formula is C22H27ClN4O2. The highest BCUT2D eigenvalue weighted by molar-refractivity contribution is 6.30. The summed E-state index contributed by atoms with van der Waals surface area (Å²) >= 11 is 6.05. The summed E-state index contributed by atoms with van der Waals surface area (Å²) in [5, 5.41) is 5.92. The summed E-state index contributed by atoms with van der Waals surface area (Å²) in [6, 6.07) is 13.1. The van der Waals surface area contributed by atoms with Crippen LogP contribution in [0.15, 0.2) is 42.5 Å². The number of urea groups is 1. The van der Waals surface area contributed by atoms with Gasteiger partial charge >= 0.3 is 6.03 Å². The Morgan fingerprint density at radius 2 is 1.69 bits per heavy atom. The van der Waals surface area contributed by atoms with Crippen LogP contribution in [0.25, 0.3) is 0 Å². The molecule has 2 aromatic rings. The van der Waals surface area contributed by atoms with Crippen molar-refractivity contribution in [3.05, 3.63) is 64.2 Å². The quantitative estimate of drug-likeness (QED) is 0.786. The molecule has 1 saturated heterocycles. The van der Waals surface area contributed by atoms with Crippen molar-refractivity contribution < 1.29 is 9.59 Å². The van der Waals surface area contributed by atoms with Gasteiger partial charge in [0.05, 0.1) is 6.54 Å². The summed E-state index contributed by atoms with van der Waals surface area (Å²) in [5.74, 6) is -0.295. The number of carbonyl (C=O) groups is 2. The van der Waals surface area contributed by atoms with Crippen molar-refractivity contribution in [2.45, 2.75) is 20.4 Å². The Kier molecular flexibility index (Phi) is 7.25. The number of aryl methyl sites for hydroxylation is 1. The molecule has 2 aromatic carbocycles. The fraction of sp³-hybridized carbons (Fsp3) is 0.364. The molecule has 1 aliphatic heterocycles. The van der Waals surface area contributed by atoms with Gasteiger partial charge in [-0.1, -0.05) is 35.9 Å². The van der Waals surface area contributed by atoms with Gasteiger partial charge in [-0.05, 0) is 48.7 Å². The topological polar surface area (TPSA) is 64.7 Å². The molecule has 3 amide bonds. The molecule has 0 aliphatic carbocycles. The van der Waals surface area contributed by atoms with E-state index >= 15 is 0 Å². The summed E-state index contributed by atoms with van der Waals surface area (Å²) in [6.07, 6.45) is 0. The SMILES string of the molecule is Cc1cccc(NC(=O)NC(=O)CN2CCN(Cc3cccc(Cl)c3)CC2)c1C. The van der Waals surface area contributed by atoms with Crippen LogP contribution < -0.4 is 10.6 Å². The highest BCUT2D eigenvalue weighted by atomic mass is 35.5. The third-order valence-corrected chi connectivity index (χ3v) is 5.47. The van der Waals surface area contributed by atoms with Crippen molar-refractivity contribution in [3.63, 3.8) is 0 Å². The molecule has 0 aromatic heterocycles. The number of halogens is 1. The van der Waals surface area contributed by atoms with E-state index in [1.165, 1.54) is 5.56 Å². The first-order chi connectivity index (χ1) is 13.9. The van der Waals surface area contributed by atoms with Gasteiger partial charge in [0.2, 0.25) is 5.91 Å². The third-order valence-electron chi connectivity index (χ3n) is 5.23. The summed E-state index contributed by atoms with van der Waals surface area (Å²) in [4.78, 5) is 28.8. The van der Waals surface area contributed by atoms with Crippen molar-refractivity contribution in [1.82, 2.24) is 15.1 Å². The minimum absolute atomic E-state index is 0.214. The number of benzene rings is 2. The molecular weight excluding hydrogens is 388 g/mol. The Balaban J connectivity index is 1.41. The maximum Gasteiger partial charge on any atom is 0.325 e. The Hall–Kier alpha value is -2.41. The van der Waals surface area contributed by atoms with Crippen LogP contribution in [0.3, 0.4) is 0 Å². The van der Waals surface area contributed by atoms with Crippen LogP contribution in [0.5, 0.6) is 0 Å².